The molecule has 2 heterocycles. The molecule has 0 aliphatic carbocycles. The molecule has 1 aliphatic rings. The van der Waals surface area contributed by atoms with Crippen molar-refractivity contribution in [3.63, 3.8) is 0 Å². The second-order valence-corrected chi connectivity index (χ2v) is 6.33. The van der Waals surface area contributed by atoms with E-state index >= 15 is 0 Å². The van der Waals surface area contributed by atoms with Crippen LogP contribution in [0.25, 0.3) is 5.69 Å². The third-order valence-corrected chi connectivity index (χ3v) is 4.86. The largest absolute Gasteiger partial charge is 0.297 e. The van der Waals surface area contributed by atoms with Crippen LogP contribution in [-0.2, 0) is 11.8 Å². The summed E-state index contributed by atoms with van der Waals surface area (Å²) in [7, 11) is 1.82. The highest BCUT2D eigenvalue weighted by molar-refractivity contribution is 8.15. The first-order chi connectivity index (χ1) is 11.5. The molecule has 0 atom stereocenters. The number of rotatable bonds is 4. The average molecular weight is 342 g/mol. The zero-order chi connectivity index (χ0) is 17.3. The van der Waals surface area contributed by atoms with Crippen molar-refractivity contribution in [2.24, 2.45) is 12.0 Å². The molecular weight excluding hydrogens is 324 g/mol. The summed E-state index contributed by atoms with van der Waals surface area (Å²) in [5, 5.41) is 0.547. The molecule has 124 valence electrons. The summed E-state index contributed by atoms with van der Waals surface area (Å²) in [6.07, 6.45) is 1.65. The van der Waals surface area contributed by atoms with Gasteiger partial charge in [0.2, 0.25) is 5.91 Å². The van der Waals surface area contributed by atoms with E-state index in [1.54, 1.807) is 20.3 Å². The zero-order valence-corrected chi connectivity index (χ0v) is 14.4. The molecule has 6 nitrogen and oxygen atoms in total. The zero-order valence-electron chi connectivity index (χ0n) is 13.6. The normalized spacial score (nSPS) is 16.2. The van der Waals surface area contributed by atoms with E-state index in [9.17, 15) is 9.59 Å². The van der Waals surface area contributed by atoms with E-state index in [1.165, 1.54) is 11.8 Å². The molecule has 0 bridgehead atoms. The van der Waals surface area contributed by atoms with Gasteiger partial charge in [-0.05, 0) is 19.1 Å². The van der Waals surface area contributed by atoms with Crippen LogP contribution in [0.4, 0.5) is 5.69 Å². The fourth-order valence-corrected chi connectivity index (χ4v) is 3.47. The number of aromatic nitrogens is 2. The highest BCUT2D eigenvalue weighted by atomic mass is 32.2. The molecule has 0 radical (unpaired) electrons. The molecule has 2 aromatic rings. The number of carbonyl (C=O) groups excluding carboxylic acids is 1. The van der Waals surface area contributed by atoms with Crippen LogP contribution in [-0.4, -0.2) is 37.6 Å². The lowest BCUT2D eigenvalue weighted by atomic mass is 10.3. The van der Waals surface area contributed by atoms with E-state index in [0.29, 0.717) is 23.2 Å². The molecule has 0 spiro atoms. The maximum Gasteiger partial charge on any atom is 0.297 e. The second-order valence-electron chi connectivity index (χ2n) is 5.39. The number of hydrogen-bond acceptors (Lipinski definition) is 4. The third-order valence-electron chi connectivity index (χ3n) is 3.90. The van der Waals surface area contributed by atoms with Gasteiger partial charge in [0, 0.05) is 13.6 Å². The smallest absolute Gasteiger partial charge is 0.287 e. The van der Waals surface area contributed by atoms with Gasteiger partial charge >= 0.3 is 0 Å². The van der Waals surface area contributed by atoms with Crippen molar-refractivity contribution < 1.29 is 4.79 Å². The fourth-order valence-electron chi connectivity index (χ4n) is 2.57. The first-order valence-corrected chi connectivity index (χ1v) is 8.50. The molecule has 0 saturated carbocycles. The van der Waals surface area contributed by atoms with Gasteiger partial charge < -0.3 is 0 Å². The predicted molar refractivity (Wildman–Crippen MR) is 97.2 cm³/mol. The van der Waals surface area contributed by atoms with Crippen molar-refractivity contribution in [3.8, 4) is 5.69 Å². The van der Waals surface area contributed by atoms with Gasteiger partial charge in [-0.25, -0.2) is 9.67 Å². The molecule has 1 amide bonds. The Morgan fingerprint density at radius 1 is 1.29 bits per heavy atom. The van der Waals surface area contributed by atoms with Gasteiger partial charge in [-0.2, -0.15) is 0 Å². The summed E-state index contributed by atoms with van der Waals surface area (Å²) in [6.45, 7) is 5.90. The van der Waals surface area contributed by atoms with Gasteiger partial charge in [-0.1, -0.05) is 36.0 Å². The monoisotopic (exact) mass is 342 g/mol. The topological polar surface area (TPSA) is 59.6 Å². The number of para-hydroxylation sites is 1. The van der Waals surface area contributed by atoms with Crippen LogP contribution in [0, 0.1) is 6.92 Å². The summed E-state index contributed by atoms with van der Waals surface area (Å²) in [4.78, 5) is 30.8. The van der Waals surface area contributed by atoms with Crippen molar-refractivity contribution in [2.75, 3.05) is 12.3 Å². The number of carbonyl (C=O) groups is 1. The maximum atomic E-state index is 12.8. The van der Waals surface area contributed by atoms with Crippen LogP contribution in [0.3, 0.4) is 0 Å². The van der Waals surface area contributed by atoms with Crippen molar-refractivity contribution in [1.82, 2.24) is 14.3 Å². The van der Waals surface area contributed by atoms with E-state index in [4.69, 9.17) is 0 Å². The summed E-state index contributed by atoms with van der Waals surface area (Å²) in [5.41, 5.74) is 1.67. The Labute approximate surface area is 144 Å². The van der Waals surface area contributed by atoms with Gasteiger partial charge in [0.25, 0.3) is 5.56 Å². The standard InChI is InChI=1S/C17H18N4O2S/c1-4-10-20-14(22)11-24-17(20)18-15-12(2)19(3)21(16(15)23)13-8-6-5-7-9-13/h4-9H,1,10-11H2,2-3H3. The summed E-state index contributed by atoms with van der Waals surface area (Å²) in [6, 6.07) is 9.41. The molecule has 1 fully saturated rings. The van der Waals surface area contributed by atoms with Crippen LogP contribution in [0.1, 0.15) is 5.69 Å². The van der Waals surface area contributed by atoms with Gasteiger partial charge in [0.05, 0.1) is 17.1 Å². The molecule has 7 heteroatoms. The van der Waals surface area contributed by atoms with Gasteiger partial charge in [-0.3, -0.25) is 19.2 Å². The summed E-state index contributed by atoms with van der Waals surface area (Å²) in [5.74, 6) is 0.321. The number of amides is 1. The molecule has 24 heavy (non-hydrogen) atoms. The predicted octanol–water partition coefficient (Wildman–Crippen LogP) is 2.23. The van der Waals surface area contributed by atoms with E-state index in [-0.39, 0.29) is 11.5 Å². The molecule has 1 saturated heterocycles. The Morgan fingerprint density at radius 3 is 2.67 bits per heavy atom. The number of benzene rings is 1. The summed E-state index contributed by atoms with van der Waals surface area (Å²) >= 11 is 1.34. The summed E-state index contributed by atoms with van der Waals surface area (Å²) < 4.78 is 3.35. The van der Waals surface area contributed by atoms with Crippen LogP contribution in [0.5, 0.6) is 0 Å². The minimum atomic E-state index is -0.202. The Morgan fingerprint density at radius 2 is 2.00 bits per heavy atom. The fraction of sp³-hybridized carbons (Fsp3) is 0.235. The highest BCUT2D eigenvalue weighted by Crippen LogP contribution is 2.24. The number of nitrogens with zero attached hydrogens (tertiary/aromatic N) is 4. The Hall–Kier alpha value is -2.54. The molecule has 1 aromatic heterocycles. The minimum absolute atomic E-state index is 0.0179. The Balaban J connectivity index is 2.10. The van der Waals surface area contributed by atoms with Gasteiger partial charge in [0.1, 0.15) is 0 Å². The van der Waals surface area contributed by atoms with Crippen LogP contribution < -0.4 is 5.56 Å². The first kappa shape index (κ1) is 16.3. The third kappa shape index (κ3) is 2.71. The number of thioether (sulfide) groups is 1. The van der Waals surface area contributed by atoms with Gasteiger partial charge in [0.15, 0.2) is 10.9 Å². The maximum absolute atomic E-state index is 12.8. The van der Waals surface area contributed by atoms with Crippen molar-refractivity contribution in [3.05, 3.63) is 59.0 Å². The van der Waals surface area contributed by atoms with E-state index in [1.807, 2.05) is 44.3 Å². The van der Waals surface area contributed by atoms with Crippen molar-refractivity contribution in [1.29, 1.82) is 0 Å². The first-order valence-electron chi connectivity index (χ1n) is 7.51. The van der Waals surface area contributed by atoms with Crippen LogP contribution >= 0.6 is 11.8 Å². The highest BCUT2D eigenvalue weighted by Gasteiger charge is 2.28. The van der Waals surface area contributed by atoms with Gasteiger partial charge in [-0.15, -0.1) is 6.58 Å². The quantitative estimate of drug-likeness (QED) is 0.801. The molecule has 1 aromatic carbocycles. The molecule has 1 aliphatic heterocycles. The van der Waals surface area contributed by atoms with Crippen molar-refractivity contribution in [2.45, 2.75) is 6.92 Å². The van der Waals surface area contributed by atoms with E-state index in [0.717, 1.165) is 11.4 Å². The average Bonchev–Trinajstić information content (AvgIpc) is 3.03. The van der Waals surface area contributed by atoms with Crippen molar-refractivity contribution >= 4 is 28.5 Å². The lowest BCUT2D eigenvalue weighted by molar-refractivity contribution is -0.123. The number of aliphatic imine (C=N–C) groups is 1. The molecule has 0 N–H and O–H groups in total. The number of hydrogen-bond donors (Lipinski definition) is 0. The molecule has 3 rings (SSSR count). The van der Waals surface area contributed by atoms with Crippen LogP contribution in [0.2, 0.25) is 0 Å². The Bertz CT molecular complexity index is 880. The lowest BCUT2D eigenvalue weighted by Crippen LogP contribution is -2.29. The SMILES string of the molecule is C=CCN1C(=O)CSC1=Nc1c(C)n(C)n(-c2ccccc2)c1=O. The van der Waals surface area contributed by atoms with E-state index in [2.05, 4.69) is 11.6 Å². The Kier molecular flexibility index (Phi) is 4.44. The molecule has 0 unspecified atom stereocenters. The molecular formula is C17H18N4O2S. The second kappa shape index (κ2) is 6.52. The van der Waals surface area contributed by atoms with Crippen LogP contribution in [0.15, 0.2) is 52.8 Å². The number of amidine groups is 1. The lowest BCUT2D eigenvalue weighted by Gasteiger charge is -2.12. The van der Waals surface area contributed by atoms with E-state index < -0.39 is 0 Å². The minimum Gasteiger partial charge on any atom is -0.287 e.